The Kier molecular flexibility index (Phi) is 2.60. The van der Waals surface area contributed by atoms with Crippen molar-refractivity contribution in [2.45, 2.75) is 13.8 Å². The number of hydrogen-bond donors (Lipinski definition) is 1. The third kappa shape index (κ3) is 1.87. The first-order valence-corrected chi connectivity index (χ1v) is 5.24. The van der Waals surface area contributed by atoms with Gasteiger partial charge < -0.3 is 5.32 Å². The van der Waals surface area contributed by atoms with E-state index in [0.29, 0.717) is 11.4 Å². The van der Waals surface area contributed by atoms with Crippen LogP contribution < -0.4 is 5.32 Å². The van der Waals surface area contributed by atoms with Gasteiger partial charge in [0.05, 0.1) is 17.1 Å². The fourth-order valence-corrected chi connectivity index (χ4v) is 1.79. The molecule has 0 spiro atoms. The van der Waals surface area contributed by atoms with Crippen LogP contribution in [0.15, 0.2) is 6.20 Å². The fourth-order valence-electron chi connectivity index (χ4n) is 1.79. The van der Waals surface area contributed by atoms with Crippen molar-refractivity contribution in [3.8, 4) is 6.07 Å². The van der Waals surface area contributed by atoms with E-state index in [-0.39, 0.29) is 0 Å². The van der Waals surface area contributed by atoms with Gasteiger partial charge in [0.25, 0.3) is 0 Å². The second-order valence-electron chi connectivity index (χ2n) is 3.97. The lowest BCUT2D eigenvalue weighted by Crippen LogP contribution is -2.00. The van der Waals surface area contributed by atoms with Crippen LogP contribution in [-0.4, -0.2) is 19.6 Å². The Bertz CT molecular complexity index is 598. The molecule has 0 atom stereocenters. The third-order valence-corrected chi connectivity index (χ3v) is 2.60. The molecule has 2 aromatic rings. The molecule has 0 unspecified atom stereocenters. The van der Waals surface area contributed by atoms with Gasteiger partial charge in [-0.3, -0.25) is 9.36 Å². The molecule has 88 valence electrons. The zero-order chi connectivity index (χ0) is 12.6. The molecule has 0 radical (unpaired) electrons. The molecule has 0 saturated carbocycles. The minimum absolute atomic E-state index is 0.566. The Morgan fingerprint density at radius 3 is 2.47 bits per heavy atom. The summed E-state index contributed by atoms with van der Waals surface area (Å²) in [7, 11) is 3.67. The highest BCUT2D eigenvalue weighted by molar-refractivity contribution is 5.65. The number of aromatic nitrogens is 4. The Morgan fingerprint density at radius 1 is 1.24 bits per heavy atom. The smallest absolute Gasteiger partial charge is 0.146 e. The third-order valence-electron chi connectivity index (χ3n) is 2.60. The highest BCUT2D eigenvalue weighted by atomic mass is 15.3. The number of rotatable bonds is 2. The van der Waals surface area contributed by atoms with E-state index in [1.165, 1.54) is 0 Å². The predicted molar refractivity (Wildman–Crippen MR) is 63.9 cm³/mol. The standard InChI is InChI=1S/C11H14N6/c1-7-9(5-12)11(17(4)15-7)13-10-6-16(3)14-8(10)2/h6,13H,1-4H3. The van der Waals surface area contributed by atoms with Gasteiger partial charge in [-0.25, -0.2) is 0 Å². The first-order valence-electron chi connectivity index (χ1n) is 5.24. The SMILES string of the molecule is Cc1nn(C)cc1Nc1c(C#N)c(C)nn1C. The Morgan fingerprint density at radius 2 is 1.94 bits per heavy atom. The van der Waals surface area contributed by atoms with Crippen molar-refractivity contribution in [2.75, 3.05) is 5.32 Å². The molecular weight excluding hydrogens is 216 g/mol. The summed E-state index contributed by atoms with van der Waals surface area (Å²) in [4.78, 5) is 0. The van der Waals surface area contributed by atoms with E-state index in [2.05, 4.69) is 21.6 Å². The van der Waals surface area contributed by atoms with Crippen LogP contribution in [0.3, 0.4) is 0 Å². The maximum absolute atomic E-state index is 9.10. The molecule has 2 rings (SSSR count). The van der Waals surface area contributed by atoms with Gasteiger partial charge in [0, 0.05) is 20.3 Å². The first-order chi connectivity index (χ1) is 8.02. The zero-order valence-electron chi connectivity index (χ0n) is 10.3. The second-order valence-corrected chi connectivity index (χ2v) is 3.97. The molecule has 0 aromatic carbocycles. The van der Waals surface area contributed by atoms with Crippen LogP contribution in [0.5, 0.6) is 0 Å². The summed E-state index contributed by atoms with van der Waals surface area (Å²) in [5.74, 6) is 0.695. The molecule has 0 amide bonds. The summed E-state index contributed by atoms with van der Waals surface area (Å²) in [6.45, 7) is 3.73. The van der Waals surface area contributed by atoms with Crippen molar-refractivity contribution < 1.29 is 0 Å². The van der Waals surface area contributed by atoms with Crippen LogP contribution in [0.1, 0.15) is 17.0 Å². The molecule has 1 N–H and O–H groups in total. The highest BCUT2D eigenvalue weighted by Gasteiger charge is 2.14. The number of aryl methyl sites for hydroxylation is 4. The van der Waals surface area contributed by atoms with Crippen LogP contribution in [0.2, 0.25) is 0 Å². The molecule has 0 aliphatic carbocycles. The van der Waals surface area contributed by atoms with Crippen molar-refractivity contribution in [3.63, 3.8) is 0 Å². The molecule has 6 heteroatoms. The lowest BCUT2D eigenvalue weighted by Gasteiger charge is -2.05. The van der Waals surface area contributed by atoms with Gasteiger partial charge in [0.2, 0.25) is 0 Å². The Hall–Kier alpha value is -2.29. The fraction of sp³-hybridized carbons (Fsp3) is 0.364. The number of nitrogens with zero attached hydrogens (tertiary/aromatic N) is 5. The molecule has 0 aliphatic rings. The van der Waals surface area contributed by atoms with Gasteiger partial charge in [-0.2, -0.15) is 15.5 Å². The van der Waals surface area contributed by atoms with Crippen LogP contribution in [0.25, 0.3) is 0 Å². The van der Waals surface area contributed by atoms with Crippen LogP contribution in [0, 0.1) is 25.2 Å². The monoisotopic (exact) mass is 230 g/mol. The van der Waals surface area contributed by atoms with Gasteiger partial charge in [-0.15, -0.1) is 0 Å². The topological polar surface area (TPSA) is 71.5 Å². The molecular formula is C11H14N6. The minimum Gasteiger partial charge on any atom is -0.337 e. The average molecular weight is 230 g/mol. The van der Waals surface area contributed by atoms with Crippen molar-refractivity contribution in [3.05, 3.63) is 23.1 Å². The summed E-state index contributed by atoms with van der Waals surface area (Å²) < 4.78 is 3.40. The van der Waals surface area contributed by atoms with Gasteiger partial charge in [-0.1, -0.05) is 0 Å². The van der Waals surface area contributed by atoms with Crippen LogP contribution in [-0.2, 0) is 14.1 Å². The highest BCUT2D eigenvalue weighted by Crippen LogP contribution is 2.23. The molecule has 6 nitrogen and oxygen atoms in total. The van der Waals surface area contributed by atoms with E-state index < -0.39 is 0 Å². The Balaban J connectivity index is 2.43. The van der Waals surface area contributed by atoms with Crippen molar-refractivity contribution in [1.29, 1.82) is 5.26 Å². The number of nitriles is 1. The van der Waals surface area contributed by atoms with E-state index in [0.717, 1.165) is 17.1 Å². The summed E-state index contributed by atoms with van der Waals surface area (Å²) >= 11 is 0. The lowest BCUT2D eigenvalue weighted by atomic mass is 10.2. The average Bonchev–Trinajstić information content (AvgIpc) is 2.69. The number of anilines is 2. The first kappa shape index (κ1) is 11.2. The molecule has 0 fully saturated rings. The summed E-state index contributed by atoms with van der Waals surface area (Å²) in [6.07, 6.45) is 1.87. The molecule has 2 aromatic heterocycles. The van der Waals surface area contributed by atoms with Crippen molar-refractivity contribution >= 4 is 11.5 Å². The minimum atomic E-state index is 0.566. The molecule has 0 saturated heterocycles. The van der Waals surface area contributed by atoms with Crippen molar-refractivity contribution in [1.82, 2.24) is 19.6 Å². The molecule has 17 heavy (non-hydrogen) atoms. The van der Waals surface area contributed by atoms with E-state index in [9.17, 15) is 0 Å². The molecule has 2 heterocycles. The van der Waals surface area contributed by atoms with E-state index >= 15 is 0 Å². The van der Waals surface area contributed by atoms with E-state index in [1.807, 2.05) is 34.1 Å². The molecule has 0 aliphatic heterocycles. The van der Waals surface area contributed by atoms with Crippen LogP contribution in [0.4, 0.5) is 11.5 Å². The molecule has 0 bridgehead atoms. The van der Waals surface area contributed by atoms with Crippen LogP contribution >= 0.6 is 0 Å². The van der Waals surface area contributed by atoms with Gasteiger partial charge in [0.15, 0.2) is 0 Å². The van der Waals surface area contributed by atoms with E-state index in [4.69, 9.17) is 5.26 Å². The summed E-state index contributed by atoms with van der Waals surface area (Å²) in [5.41, 5.74) is 3.05. The Labute approximate surface area is 99.5 Å². The second kappa shape index (κ2) is 3.94. The van der Waals surface area contributed by atoms with Gasteiger partial charge in [-0.05, 0) is 13.8 Å². The quantitative estimate of drug-likeness (QED) is 0.846. The summed E-state index contributed by atoms with van der Waals surface area (Å²) in [6, 6.07) is 2.16. The number of nitrogens with one attached hydrogen (secondary N) is 1. The van der Waals surface area contributed by atoms with Gasteiger partial charge >= 0.3 is 0 Å². The maximum atomic E-state index is 9.10. The van der Waals surface area contributed by atoms with Gasteiger partial charge in [0.1, 0.15) is 17.5 Å². The van der Waals surface area contributed by atoms with Crippen molar-refractivity contribution in [2.24, 2.45) is 14.1 Å². The number of hydrogen-bond acceptors (Lipinski definition) is 4. The normalized spacial score (nSPS) is 10.3. The lowest BCUT2D eigenvalue weighted by molar-refractivity contribution is 0.756. The zero-order valence-corrected chi connectivity index (χ0v) is 10.3. The predicted octanol–water partition coefficient (Wildman–Crippen LogP) is 1.39. The van der Waals surface area contributed by atoms with E-state index in [1.54, 1.807) is 9.36 Å². The maximum Gasteiger partial charge on any atom is 0.146 e. The summed E-state index contributed by atoms with van der Waals surface area (Å²) in [5, 5.41) is 20.8. The largest absolute Gasteiger partial charge is 0.337 e.